The highest BCUT2D eigenvalue weighted by Crippen LogP contribution is 2.35. The number of hydrogen-bond donors (Lipinski definition) is 0. The zero-order valence-electron chi connectivity index (χ0n) is 22.1. The molecular formula is C30H21Cl4IN2O4S. The van der Waals surface area contributed by atoms with Gasteiger partial charge in [-0.15, -0.1) is 0 Å². The average molecular weight is 774 g/mol. The molecule has 42 heavy (non-hydrogen) atoms. The first-order valence-electron chi connectivity index (χ1n) is 12.6. The maximum atomic E-state index is 14.0. The Morgan fingerprint density at radius 3 is 2.55 bits per heavy atom. The van der Waals surface area contributed by atoms with Crippen molar-refractivity contribution >= 4 is 92.4 Å². The van der Waals surface area contributed by atoms with Gasteiger partial charge in [0.25, 0.3) is 5.56 Å². The summed E-state index contributed by atoms with van der Waals surface area (Å²) in [6.45, 7) is 3.79. The van der Waals surface area contributed by atoms with E-state index in [9.17, 15) is 9.59 Å². The minimum absolute atomic E-state index is 0.171. The van der Waals surface area contributed by atoms with Crippen LogP contribution in [0.4, 0.5) is 0 Å². The molecule has 0 fully saturated rings. The Hall–Kier alpha value is -2.34. The Morgan fingerprint density at radius 2 is 1.83 bits per heavy atom. The van der Waals surface area contributed by atoms with Crippen molar-refractivity contribution < 1.29 is 14.3 Å². The zero-order chi connectivity index (χ0) is 30.1. The standard InChI is InChI=1S/C30H21Cl4IN2O4S/c1-3-40-29(39)25-15(2)36-30-37(26(25)20-6-4-5-7-21(20)33)28(38)24(42-30)11-17-10-19(32)13-23(35)27(17)41-14-16-8-9-18(31)12-22(16)34/h4-13,26H,3,14H2,1-2H3/b24-11-/t26-/m0/s1. The van der Waals surface area contributed by atoms with E-state index in [1.807, 2.05) is 0 Å². The molecule has 1 aromatic heterocycles. The van der Waals surface area contributed by atoms with Gasteiger partial charge in [0.1, 0.15) is 18.4 Å². The van der Waals surface area contributed by atoms with E-state index in [2.05, 4.69) is 27.6 Å². The number of carbonyl (C=O) groups excluding carboxylic acids is 1. The molecule has 6 nitrogen and oxygen atoms in total. The SMILES string of the molecule is CCOC(=O)C1=C(C)N=c2s/c(=C\c3cc(Cl)cc(I)c3OCc3ccc(Cl)cc3Cl)c(=O)n2[C@H]1c1ccccc1Cl. The Morgan fingerprint density at radius 1 is 1.07 bits per heavy atom. The maximum Gasteiger partial charge on any atom is 0.338 e. The quantitative estimate of drug-likeness (QED) is 0.143. The van der Waals surface area contributed by atoms with Crippen LogP contribution >= 0.6 is 80.3 Å². The summed E-state index contributed by atoms with van der Waals surface area (Å²) in [7, 11) is 0. The number of fused-ring (bicyclic) bond motifs is 1. The van der Waals surface area contributed by atoms with Gasteiger partial charge in [0.15, 0.2) is 4.80 Å². The lowest BCUT2D eigenvalue weighted by molar-refractivity contribution is -0.139. The molecule has 4 aromatic rings. The fourth-order valence-electron chi connectivity index (χ4n) is 4.55. The number of thiazole rings is 1. The van der Waals surface area contributed by atoms with Gasteiger partial charge in [-0.3, -0.25) is 9.36 Å². The van der Waals surface area contributed by atoms with Crippen molar-refractivity contribution in [2.75, 3.05) is 6.61 Å². The molecule has 1 atom stereocenters. The Kier molecular flexibility index (Phi) is 9.71. The van der Waals surface area contributed by atoms with Crippen LogP contribution in [0.25, 0.3) is 6.08 Å². The van der Waals surface area contributed by atoms with Crippen LogP contribution in [0.1, 0.15) is 36.6 Å². The lowest BCUT2D eigenvalue weighted by Gasteiger charge is -2.25. The van der Waals surface area contributed by atoms with Gasteiger partial charge in [0.2, 0.25) is 0 Å². The third kappa shape index (κ3) is 6.30. The van der Waals surface area contributed by atoms with Gasteiger partial charge >= 0.3 is 5.97 Å². The van der Waals surface area contributed by atoms with Gasteiger partial charge in [-0.1, -0.05) is 82.0 Å². The van der Waals surface area contributed by atoms with Gasteiger partial charge in [-0.2, -0.15) is 0 Å². The van der Waals surface area contributed by atoms with Crippen molar-refractivity contribution in [2.24, 2.45) is 4.99 Å². The number of hydrogen-bond acceptors (Lipinski definition) is 6. The van der Waals surface area contributed by atoms with E-state index in [-0.39, 0.29) is 24.3 Å². The predicted octanol–water partition coefficient (Wildman–Crippen LogP) is 7.60. The summed E-state index contributed by atoms with van der Waals surface area (Å²) in [6, 6.07) is 15.0. The molecule has 3 aromatic carbocycles. The van der Waals surface area contributed by atoms with E-state index in [4.69, 9.17) is 55.9 Å². The molecule has 0 bridgehead atoms. The second kappa shape index (κ2) is 13.1. The molecular weight excluding hydrogens is 753 g/mol. The van der Waals surface area contributed by atoms with Crippen molar-refractivity contribution in [2.45, 2.75) is 26.5 Å². The topological polar surface area (TPSA) is 69.9 Å². The van der Waals surface area contributed by atoms with Crippen LogP contribution in [-0.4, -0.2) is 17.1 Å². The number of aromatic nitrogens is 1. The van der Waals surface area contributed by atoms with Crippen LogP contribution in [0.5, 0.6) is 5.75 Å². The van der Waals surface area contributed by atoms with E-state index in [0.717, 1.165) is 9.13 Å². The molecule has 0 aliphatic carbocycles. The summed E-state index contributed by atoms with van der Waals surface area (Å²) in [4.78, 5) is 32.2. The third-order valence-corrected chi connectivity index (χ3v) is 9.36. The number of ether oxygens (including phenoxy) is 2. The van der Waals surface area contributed by atoms with Crippen molar-refractivity contribution in [1.29, 1.82) is 0 Å². The molecule has 0 unspecified atom stereocenters. The Labute approximate surface area is 278 Å². The molecule has 2 heterocycles. The first-order valence-corrected chi connectivity index (χ1v) is 16.0. The van der Waals surface area contributed by atoms with Gasteiger partial charge in [-0.05, 0) is 78.4 Å². The number of nitrogens with zero attached hydrogens (tertiary/aromatic N) is 2. The van der Waals surface area contributed by atoms with Crippen molar-refractivity contribution in [3.8, 4) is 5.75 Å². The third-order valence-electron chi connectivity index (χ3n) is 6.43. The summed E-state index contributed by atoms with van der Waals surface area (Å²) < 4.78 is 14.2. The molecule has 0 saturated carbocycles. The van der Waals surface area contributed by atoms with Crippen LogP contribution in [0.15, 0.2) is 75.7 Å². The average Bonchev–Trinajstić information content (AvgIpc) is 3.23. The van der Waals surface area contributed by atoms with E-state index in [0.29, 0.717) is 52.0 Å². The summed E-state index contributed by atoms with van der Waals surface area (Å²) in [5.41, 5.74) is 2.29. The summed E-state index contributed by atoms with van der Waals surface area (Å²) in [6.07, 6.45) is 1.71. The summed E-state index contributed by atoms with van der Waals surface area (Å²) in [5.74, 6) is -0.0261. The lowest BCUT2D eigenvalue weighted by Crippen LogP contribution is -2.40. The summed E-state index contributed by atoms with van der Waals surface area (Å²) in [5, 5.41) is 1.89. The van der Waals surface area contributed by atoms with Gasteiger partial charge in [-0.25, -0.2) is 9.79 Å². The summed E-state index contributed by atoms with van der Waals surface area (Å²) >= 11 is 28.7. The van der Waals surface area contributed by atoms with Crippen LogP contribution in [-0.2, 0) is 16.1 Å². The lowest BCUT2D eigenvalue weighted by atomic mass is 9.96. The molecule has 0 amide bonds. The number of carbonyl (C=O) groups is 1. The van der Waals surface area contributed by atoms with Crippen LogP contribution in [0.2, 0.25) is 20.1 Å². The van der Waals surface area contributed by atoms with E-state index < -0.39 is 12.0 Å². The monoisotopic (exact) mass is 772 g/mol. The van der Waals surface area contributed by atoms with E-state index in [1.165, 1.54) is 15.9 Å². The second-order valence-electron chi connectivity index (χ2n) is 9.15. The smallest absolute Gasteiger partial charge is 0.338 e. The largest absolute Gasteiger partial charge is 0.487 e. The predicted molar refractivity (Wildman–Crippen MR) is 177 cm³/mol. The number of halogens is 5. The van der Waals surface area contributed by atoms with Gasteiger partial charge < -0.3 is 9.47 Å². The van der Waals surface area contributed by atoms with E-state index in [1.54, 1.807) is 74.5 Å². The molecule has 0 spiro atoms. The molecule has 1 aliphatic heterocycles. The van der Waals surface area contributed by atoms with Crippen LogP contribution < -0.4 is 19.6 Å². The molecule has 0 saturated heterocycles. The first kappa shape index (κ1) is 31.1. The Balaban J connectivity index is 1.65. The van der Waals surface area contributed by atoms with E-state index >= 15 is 0 Å². The number of rotatable bonds is 7. The second-order valence-corrected chi connectivity index (χ2v) is 13.0. The highest BCUT2D eigenvalue weighted by molar-refractivity contribution is 14.1. The molecule has 5 rings (SSSR count). The van der Waals surface area contributed by atoms with Crippen molar-refractivity contribution in [1.82, 2.24) is 4.57 Å². The molecule has 1 aliphatic rings. The molecule has 0 N–H and O–H groups in total. The minimum atomic E-state index is -0.821. The molecule has 12 heteroatoms. The maximum absolute atomic E-state index is 14.0. The van der Waals surface area contributed by atoms with Crippen molar-refractivity contribution in [3.05, 3.63) is 126 Å². The van der Waals surface area contributed by atoms with Crippen molar-refractivity contribution in [3.63, 3.8) is 0 Å². The highest BCUT2D eigenvalue weighted by atomic mass is 127. The normalized spacial score (nSPS) is 14.9. The highest BCUT2D eigenvalue weighted by Gasteiger charge is 2.34. The fourth-order valence-corrected chi connectivity index (χ4v) is 7.51. The zero-order valence-corrected chi connectivity index (χ0v) is 28.1. The Bertz CT molecular complexity index is 1940. The first-order chi connectivity index (χ1) is 20.1. The number of benzene rings is 3. The molecule has 216 valence electrons. The fraction of sp³-hybridized carbons (Fsp3) is 0.167. The van der Waals surface area contributed by atoms with Crippen LogP contribution in [0, 0.1) is 3.57 Å². The number of esters is 1. The minimum Gasteiger partial charge on any atom is -0.487 e. The van der Waals surface area contributed by atoms with Crippen LogP contribution in [0.3, 0.4) is 0 Å². The van der Waals surface area contributed by atoms with Gasteiger partial charge in [0, 0.05) is 31.2 Å². The molecule has 0 radical (unpaired) electrons. The number of allylic oxidation sites excluding steroid dienone is 1. The van der Waals surface area contributed by atoms with Gasteiger partial charge in [0.05, 0.1) is 26.0 Å².